The number of hydrogen-bond donors (Lipinski definition) is 1. The van der Waals surface area contributed by atoms with E-state index < -0.39 is 0 Å². The molecule has 0 saturated carbocycles. The van der Waals surface area contributed by atoms with Gasteiger partial charge in [-0.15, -0.1) is 11.3 Å². The highest BCUT2D eigenvalue weighted by Gasteiger charge is 2.12. The SMILES string of the molecule is Cc1ccc(C(=O)c2cccs2)c(N)c1. The number of nitrogens with two attached hydrogens (primary N) is 1. The van der Waals surface area contributed by atoms with Crippen LogP contribution >= 0.6 is 11.3 Å². The number of nitrogen functional groups attached to an aromatic ring is 1. The van der Waals surface area contributed by atoms with E-state index in [2.05, 4.69) is 0 Å². The van der Waals surface area contributed by atoms with Crippen molar-refractivity contribution in [2.75, 3.05) is 5.73 Å². The van der Waals surface area contributed by atoms with Gasteiger partial charge in [0.2, 0.25) is 5.78 Å². The van der Waals surface area contributed by atoms with Crippen LogP contribution in [0.3, 0.4) is 0 Å². The molecule has 0 aliphatic carbocycles. The molecule has 0 atom stereocenters. The molecule has 1 aromatic carbocycles. The van der Waals surface area contributed by atoms with E-state index in [-0.39, 0.29) is 5.78 Å². The van der Waals surface area contributed by atoms with Crippen molar-refractivity contribution >= 4 is 22.8 Å². The fourth-order valence-corrected chi connectivity index (χ4v) is 2.11. The minimum absolute atomic E-state index is 0.00231. The van der Waals surface area contributed by atoms with Crippen molar-refractivity contribution in [3.8, 4) is 0 Å². The zero-order valence-electron chi connectivity index (χ0n) is 8.36. The molecule has 0 fully saturated rings. The maximum atomic E-state index is 12.0. The number of thiophene rings is 1. The molecule has 2 nitrogen and oxygen atoms in total. The van der Waals surface area contributed by atoms with Gasteiger partial charge in [-0.25, -0.2) is 0 Å². The first-order valence-electron chi connectivity index (χ1n) is 4.63. The number of carbonyl (C=O) groups is 1. The Morgan fingerprint density at radius 3 is 2.73 bits per heavy atom. The molecule has 2 aromatic rings. The highest BCUT2D eigenvalue weighted by molar-refractivity contribution is 7.12. The largest absolute Gasteiger partial charge is 0.398 e. The highest BCUT2D eigenvalue weighted by Crippen LogP contribution is 2.20. The number of rotatable bonds is 2. The van der Waals surface area contributed by atoms with Crippen molar-refractivity contribution in [1.29, 1.82) is 0 Å². The summed E-state index contributed by atoms with van der Waals surface area (Å²) in [7, 11) is 0. The van der Waals surface area contributed by atoms with Crippen LogP contribution in [0.2, 0.25) is 0 Å². The lowest BCUT2D eigenvalue weighted by Gasteiger charge is -2.03. The molecule has 2 rings (SSSR count). The van der Waals surface area contributed by atoms with Crippen LogP contribution in [0.1, 0.15) is 20.8 Å². The third-order valence-electron chi connectivity index (χ3n) is 2.20. The van der Waals surface area contributed by atoms with E-state index in [1.807, 2.05) is 36.6 Å². The molecule has 0 saturated heterocycles. The van der Waals surface area contributed by atoms with Crippen LogP contribution < -0.4 is 5.73 Å². The van der Waals surface area contributed by atoms with Crippen LogP contribution in [0.4, 0.5) is 5.69 Å². The number of ketones is 1. The molecule has 0 aliphatic rings. The minimum Gasteiger partial charge on any atom is -0.398 e. The summed E-state index contributed by atoms with van der Waals surface area (Å²) in [6.07, 6.45) is 0. The molecule has 76 valence electrons. The first kappa shape index (κ1) is 9.93. The fourth-order valence-electron chi connectivity index (χ4n) is 1.43. The molecule has 0 aliphatic heterocycles. The molecule has 2 N–H and O–H groups in total. The Morgan fingerprint density at radius 2 is 2.13 bits per heavy atom. The quantitative estimate of drug-likeness (QED) is 0.621. The molecular weight excluding hydrogens is 206 g/mol. The second kappa shape index (κ2) is 3.87. The van der Waals surface area contributed by atoms with E-state index in [4.69, 9.17) is 5.73 Å². The van der Waals surface area contributed by atoms with E-state index in [1.165, 1.54) is 11.3 Å². The second-order valence-electron chi connectivity index (χ2n) is 3.40. The molecule has 0 bridgehead atoms. The molecule has 15 heavy (non-hydrogen) atoms. The van der Waals surface area contributed by atoms with Crippen LogP contribution in [0.15, 0.2) is 35.7 Å². The van der Waals surface area contributed by atoms with Gasteiger partial charge in [0.25, 0.3) is 0 Å². The van der Waals surface area contributed by atoms with Crippen molar-refractivity contribution in [2.45, 2.75) is 6.92 Å². The molecule has 0 unspecified atom stereocenters. The first-order valence-corrected chi connectivity index (χ1v) is 5.51. The van der Waals surface area contributed by atoms with Crippen molar-refractivity contribution in [2.24, 2.45) is 0 Å². The number of hydrogen-bond acceptors (Lipinski definition) is 3. The molecule has 0 spiro atoms. The molecule has 0 amide bonds. The van der Waals surface area contributed by atoms with Crippen LogP contribution in [0.5, 0.6) is 0 Å². The summed E-state index contributed by atoms with van der Waals surface area (Å²) in [5.41, 5.74) is 8.01. The number of anilines is 1. The summed E-state index contributed by atoms with van der Waals surface area (Å²) in [5.74, 6) is 0.00231. The van der Waals surface area contributed by atoms with Gasteiger partial charge in [0.15, 0.2) is 0 Å². The van der Waals surface area contributed by atoms with Gasteiger partial charge in [0, 0.05) is 11.3 Å². The lowest BCUT2D eigenvalue weighted by Crippen LogP contribution is -2.03. The zero-order chi connectivity index (χ0) is 10.8. The second-order valence-corrected chi connectivity index (χ2v) is 4.34. The van der Waals surface area contributed by atoms with Crippen LogP contribution in [0, 0.1) is 6.92 Å². The zero-order valence-corrected chi connectivity index (χ0v) is 9.17. The van der Waals surface area contributed by atoms with E-state index >= 15 is 0 Å². The Hall–Kier alpha value is -1.61. The van der Waals surface area contributed by atoms with Gasteiger partial charge < -0.3 is 5.73 Å². The first-order chi connectivity index (χ1) is 7.18. The molecule has 1 aromatic heterocycles. The molecule has 1 heterocycles. The van der Waals surface area contributed by atoms with Crippen molar-refractivity contribution in [3.05, 3.63) is 51.7 Å². The van der Waals surface area contributed by atoms with E-state index in [0.717, 1.165) is 10.4 Å². The smallest absolute Gasteiger partial charge is 0.205 e. The lowest BCUT2D eigenvalue weighted by molar-refractivity contribution is 0.104. The Bertz CT molecular complexity index is 488. The summed E-state index contributed by atoms with van der Waals surface area (Å²) < 4.78 is 0. The molecule has 0 radical (unpaired) electrons. The van der Waals surface area contributed by atoms with E-state index in [0.29, 0.717) is 11.3 Å². The highest BCUT2D eigenvalue weighted by atomic mass is 32.1. The average molecular weight is 217 g/mol. The maximum absolute atomic E-state index is 12.0. The normalized spacial score (nSPS) is 10.2. The van der Waals surface area contributed by atoms with Gasteiger partial charge >= 0.3 is 0 Å². The Labute approximate surface area is 92.4 Å². The summed E-state index contributed by atoms with van der Waals surface area (Å²) in [5, 5.41) is 1.89. The summed E-state index contributed by atoms with van der Waals surface area (Å²) in [6, 6.07) is 9.18. The summed E-state index contributed by atoms with van der Waals surface area (Å²) in [6.45, 7) is 1.95. The summed E-state index contributed by atoms with van der Waals surface area (Å²) in [4.78, 5) is 12.7. The lowest BCUT2D eigenvalue weighted by atomic mass is 10.1. The van der Waals surface area contributed by atoms with E-state index in [9.17, 15) is 4.79 Å². The third kappa shape index (κ3) is 1.92. The van der Waals surface area contributed by atoms with Gasteiger partial charge in [-0.3, -0.25) is 4.79 Å². The maximum Gasteiger partial charge on any atom is 0.205 e. The van der Waals surface area contributed by atoms with Gasteiger partial charge in [-0.05, 0) is 36.1 Å². The number of aryl methyl sites for hydroxylation is 1. The predicted octanol–water partition coefficient (Wildman–Crippen LogP) is 2.87. The Balaban J connectivity index is 2.42. The minimum atomic E-state index is 0.00231. The molecular formula is C12H11NOS. The monoisotopic (exact) mass is 217 g/mol. The number of carbonyl (C=O) groups excluding carboxylic acids is 1. The molecule has 3 heteroatoms. The average Bonchev–Trinajstić information content (AvgIpc) is 2.69. The van der Waals surface area contributed by atoms with Gasteiger partial charge in [0.05, 0.1) is 4.88 Å². The Kier molecular flexibility index (Phi) is 2.56. The van der Waals surface area contributed by atoms with Crippen LogP contribution in [-0.2, 0) is 0 Å². The van der Waals surface area contributed by atoms with Crippen LogP contribution in [-0.4, -0.2) is 5.78 Å². The summed E-state index contributed by atoms with van der Waals surface area (Å²) >= 11 is 1.43. The van der Waals surface area contributed by atoms with E-state index in [1.54, 1.807) is 6.07 Å². The van der Waals surface area contributed by atoms with Crippen molar-refractivity contribution < 1.29 is 4.79 Å². The van der Waals surface area contributed by atoms with Gasteiger partial charge in [-0.2, -0.15) is 0 Å². The van der Waals surface area contributed by atoms with Crippen LogP contribution in [0.25, 0.3) is 0 Å². The Morgan fingerprint density at radius 1 is 1.33 bits per heavy atom. The topological polar surface area (TPSA) is 43.1 Å². The van der Waals surface area contributed by atoms with Crippen molar-refractivity contribution in [3.63, 3.8) is 0 Å². The van der Waals surface area contributed by atoms with Gasteiger partial charge in [0.1, 0.15) is 0 Å². The standard InChI is InChI=1S/C12H11NOS/c1-8-4-5-9(10(13)7-8)12(14)11-3-2-6-15-11/h2-7H,13H2,1H3. The predicted molar refractivity (Wildman–Crippen MR) is 63.3 cm³/mol. The third-order valence-corrected chi connectivity index (χ3v) is 3.07. The van der Waals surface area contributed by atoms with Gasteiger partial charge in [-0.1, -0.05) is 12.1 Å². The van der Waals surface area contributed by atoms with Crippen molar-refractivity contribution in [1.82, 2.24) is 0 Å². The number of benzene rings is 1. The fraction of sp³-hybridized carbons (Fsp3) is 0.0833.